The molecule has 0 aromatic carbocycles. The minimum atomic E-state index is 0.309. The van der Waals surface area contributed by atoms with E-state index in [1.54, 1.807) is 12.5 Å². The first-order chi connectivity index (χ1) is 14.0. The lowest BCUT2D eigenvalue weighted by Gasteiger charge is -2.39. The van der Waals surface area contributed by atoms with Crippen LogP contribution >= 0.6 is 23.4 Å². The molecule has 1 atom stereocenters. The maximum atomic E-state index is 6.30. The molecule has 8 nitrogen and oxygen atoms in total. The first-order valence-corrected chi connectivity index (χ1v) is 10.9. The van der Waals surface area contributed by atoms with E-state index in [-0.39, 0.29) is 0 Å². The molecule has 1 spiro atoms. The normalized spacial score (nSPS) is 21.3. The summed E-state index contributed by atoms with van der Waals surface area (Å²) in [6.45, 7) is 4.94. The number of ether oxygens (including phenoxy) is 1. The van der Waals surface area contributed by atoms with Crippen LogP contribution in [0.15, 0.2) is 34.7 Å². The zero-order valence-electron chi connectivity index (χ0n) is 16.1. The minimum absolute atomic E-state index is 0.309. The van der Waals surface area contributed by atoms with Gasteiger partial charge >= 0.3 is 0 Å². The van der Waals surface area contributed by atoms with Crippen LogP contribution in [0.3, 0.4) is 0 Å². The van der Waals surface area contributed by atoms with Crippen LogP contribution in [0.4, 0.5) is 11.6 Å². The van der Waals surface area contributed by atoms with Crippen LogP contribution in [0.2, 0.25) is 5.02 Å². The molecule has 2 saturated heterocycles. The first kappa shape index (κ1) is 18.9. The molecule has 0 bridgehead atoms. The number of nitrogen functional groups attached to an aromatic ring is 1. The highest BCUT2D eigenvalue weighted by Gasteiger charge is 2.41. The second-order valence-electron chi connectivity index (χ2n) is 7.84. The molecular formula is C19H22ClN7OS. The lowest BCUT2D eigenvalue weighted by atomic mass is 9.77. The van der Waals surface area contributed by atoms with Crippen molar-refractivity contribution < 1.29 is 4.74 Å². The Morgan fingerprint density at radius 3 is 2.86 bits per heavy atom. The molecule has 10 heteroatoms. The van der Waals surface area contributed by atoms with Gasteiger partial charge in [0.1, 0.15) is 17.2 Å². The smallest absolute Gasteiger partial charge is 0.199 e. The van der Waals surface area contributed by atoms with Gasteiger partial charge in [0.15, 0.2) is 11.5 Å². The van der Waals surface area contributed by atoms with Crippen LogP contribution in [0.5, 0.6) is 0 Å². The highest BCUT2D eigenvalue weighted by Crippen LogP contribution is 2.43. The van der Waals surface area contributed by atoms with Gasteiger partial charge in [0.05, 0.1) is 23.9 Å². The van der Waals surface area contributed by atoms with Crippen LogP contribution in [0.25, 0.3) is 5.65 Å². The molecule has 0 aliphatic carbocycles. The fraction of sp³-hybridized carbons (Fsp3) is 0.474. The molecule has 0 unspecified atom stereocenters. The molecule has 2 N–H and O–H groups in total. The molecule has 5 rings (SSSR count). The molecular weight excluding hydrogens is 410 g/mol. The molecule has 3 aromatic heterocycles. The lowest BCUT2D eigenvalue weighted by Crippen LogP contribution is -2.41. The van der Waals surface area contributed by atoms with Crippen LogP contribution < -0.4 is 10.6 Å². The Hall–Kier alpha value is -2.10. The molecule has 0 saturated carbocycles. The summed E-state index contributed by atoms with van der Waals surface area (Å²) in [5.41, 5.74) is 6.90. The second-order valence-corrected chi connectivity index (χ2v) is 9.28. The summed E-state index contributed by atoms with van der Waals surface area (Å²) >= 11 is 7.74. The number of nitrogens with two attached hydrogens (primary N) is 1. The Morgan fingerprint density at radius 2 is 2.10 bits per heavy atom. The fourth-order valence-corrected chi connectivity index (χ4v) is 5.40. The monoisotopic (exact) mass is 431 g/mol. The van der Waals surface area contributed by atoms with E-state index < -0.39 is 0 Å². The zero-order chi connectivity index (χ0) is 20.0. The highest BCUT2D eigenvalue weighted by atomic mass is 35.5. The van der Waals surface area contributed by atoms with Gasteiger partial charge in [-0.15, -0.1) is 0 Å². The minimum Gasteiger partial charge on any atom is -0.382 e. The van der Waals surface area contributed by atoms with Crippen molar-refractivity contribution in [3.8, 4) is 0 Å². The van der Waals surface area contributed by atoms with Crippen molar-refractivity contribution in [2.24, 2.45) is 5.41 Å². The number of anilines is 2. The molecule has 2 fully saturated rings. The Kier molecular flexibility index (Phi) is 4.76. The van der Waals surface area contributed by atoms with E-state index in [9.17, 15) is 0 Å². The molecule has 2 aliphatic heterocycles. The van der Waals surface area contributed by atoms with Gasteiger partial charge in [0, 0.05) is 24.2 Å². The number of rotatable bonds is 3. The van der Waals surface area contributed by atoms with Gasteiger partial charge in [-0.05, 0) is 37.7 Å². The largest absolute Gasteiger partial charge is 0.382 e. The van der Waals surface area contributed by atoms with Crippen LogP contribution in [0, 0.1) is 5.41 Å². The molecule has 29 heavy (non-hydrogen) atoms. The SMILES string of the molecule is C[C@H]1CC2(CCN(c3ncc(Sc4ccnc(N)c4Cl)n4ncnc34)CC2)CO1. The van der Waals surface area contributed by atoms with Gasteiger partial charge < -0.3 is 15.4 Å². The number of hydrogen-bond acceptors (Lipinski definition) is 8. The van der Waals surface area contributed by atoms with Crippen LogP contribution in [0.1, 0.15) is 26.2 Å². The van der Waals surface area contributed by atoms with E-state index in [1.165, 1.54) is 11.8 Å². The average molecular weight is 432 g/mol. The molecule has 0 radical (unpaired) electrons. The number of pyridine rings is 1. The van der Waals surface area contributed by atoms with Gasteiger partial charge in [-0.1, -0.05) is 23.4 Å². The topological polar surface area (TPSA) is 94.5 Å². The maximum Gasteiger partial charge on any atom is 0.199 e. The maximum absolute atomic E-state index is 6.30. The summed E-state index contributed by atoms with van der Waals surface area (Å²) in [5, 5.41) is 5.67. The Morgan fingerprint density at radius 1 is 1.28 bits per heavy atom. The van der Waals surface area contributed by atoms with Crippen molar-refractivity contribution >= 4 is 40.6 Å². The van der Waals surface area contributed by atoms with E-state index in [0.717, 1.165) is 60.3 Å². The average Bonchev–Trinajstić information content (AvgIpc) is 3.34. The van der Waals surface area contributed by atoms with Crippen molar-refractivity contribution in [2.45, 2.75) is 42.2 Å². The lowest BCUT2D eigenvalue weighted by molar-refractivity contribution is 0.0976. The number of aromatic nitrogens is 5. The quantitative estimate of drug-likeness (QED) is 0.674. The Balaban J connectivity index is 1.40. The van der Waals surface area contributed by atoms with Crippen molar-refractivity contribution in [2.75, 3.05) is 30.3 Å². The van der Waals surface area contributed by atoms with E-state index in [1.807, 2.05) is 16.8 Å². The van der Waals surface area contributed by atoms with Crippen molar-refractivity contribution in [3.63, 3.8) is 0 Å². The number of hydrogen-bond donors (Lipinski definition) is 1. The van der Waals surface area contributed by atoms with Crippen LogP contribution in [-0.2, 0) is 4.74 Å². The summed E-state index contributed by atoms with van der Waals surface area (Å²) in [6, 6.07) is 1.83. The third kappa shape index (κ3) is 3.41. The predicted molar refractivity (Wildman–Crippen MR) is 112 cm³/mol. The molecule has 5 heterocycles. The number of nitrogens with zero attached hydrogens (tertiary/aromatic N) is 6. The van der Waals surface area contributed by atoms with Crippen molar-refractivity contribution in [3.05, 3.63) is 29.8 Å². The molecule has 3 aromatic rings. The third-order valence-corrected chi connectivity index (χ3v) is 7.42. The third-order valence-electron chi connectivity index (χ3n) is 5.87. The van der Waals surface area contributed by atoms with Gasteiger partial charge in [0.25, 0.3) is 0 Å². The fourth-order valence-electron chi connectivity index (χ4n) is 4.30. The summed E-state index contributed by atoms with van der Waals surface area (Å²) in [5.74, 6) is 1.18. The number of piperidine rings is 1. The summed E-state index contributed by atoms with van der Waals surface area (Å²) < 4.78 is 7.66. The predicted octanol–water partition coefficient (Wildman–Crippen LogP) is 3.30. The summed E-state index contributed by atoms with van der Waals surface area (Å²) in [4.78, 5) is 16.3. The molecule has 2 aliphatic rings. The highest BCUT2D eigenvalue weighted by molar-refractivity contribution is 7.99. The van der Waals surface area contributed by atoms with E-state index in [4.69, 9.17) is 27.1 Å². The van der Waals surface area contributed by atoms with Crippen molar-refractivity contribution in [1.29, 1.82) is 0 Å². The Bertz CT molecular complexity index is 1050. The van der Waals surface area contributed by atoms with Crippen molar-refractivity contribution in [1.82, 2.24) is 24.6 Å². The van der Waals surface area contributed by atoms with Gasteiger partial charge in [-0.25, -0.2) is 19.5 Å². The number of halogens is 1. The van der Waals surface area contributed by atoms with Gasteiger partial charge in [0.2, 0.25) is 0 Å². The van der Waals surface area contributed by atoms with E-state index in [2.05, 4.69) is 26.9 Å². The molecule has 0 amide bonds. The Labute approximate surface area is 177 Å². The number of fused-ring (bicyclic) bond motifs is 1. The van der Waals surface area contributed by atoms with Gasteiger partial charge in [-0.2, -0.15) is 5.10 Å². The van der Waals surface area contributed by atoms with E-state index >= 15 is 0 Å². The van der Waals surface area contributed by atoms with Crippen LogP contribution in [-0.4, -0.2) is 50.4 Å². The summed E-state index contributed by atoms with van der Waals surface area (Å²) in [6.07, 6.45) is 8.77. The van der Waals surface area contributed by atoms with E-state index in [0.29, 0.717) is 22.4 Å². The van der Waals surface area contributed by atoms with Gasteiger partial charge in [-0.3, -0.25) is 0 Å². The standard InChI is InChI=1S/C19H22ClN7OS/c1-12-8-19(10-28-12)3-6-26(7-4-19)17-18-24-11-25-27(18)14(9-23-17)29-13-2-5-22-16(21)15(13)20/h2,5,9,11-12H,3-4,6-8,10H2,1H3,(H2,21,22)/t12-/m0/s1. The zero-order valence-corrected chi connectivity index (χ0v) is 17.7. The molecule has 152 valence electrons. The second kappa shape index (κ2) is 7.30. The summed E-state index contributed by atoms with van der Waals surface area (Å²) in [7, 11) is 0. The first-order valence-electron chi connectivity index (χ1n) is 9.68.